The summed E-state index contributed by atoms with van der Waals surface area (Å²) >= 11 is 0. The Labute approximate surface area is 106 Å². The van der Waals surface area contributed by atoms with Crippen molar-refractivity contribution in [2.45, 2.75) is 32.7 Å². The Kier molecular flexibility index (Phi) is 5.30. The third-order valence-electron chi connectivity index (χ3n) is 2.47. The molecule has 1 aromatic carbocycles. The van der Waals surface area contributed by atoms with Crippen LogP contribution in [-0.4, -0.2) is 17.9 Å². The highest BCUT2D eigenvalue weighted by molar-refractivity contribution is 6.03. The van der Waals surface area contributed by atoms with Gasteiger partial charge in [-0.15, -0.1) is 0 Å². The molecular weight excluding hydrogens is 235 g/mol. The first-order valence-electron chi connectivity index (χ1n) is 5.86. The maximum Gasteiger partial charge on any atom is 0.233 e. The van der Waals surface area contributed by atoms with Crippen molar-refractivity contribution < 1.29 is 14.0 Å². The van der Waals surface area contributed by atoms with Crippen LogP contribution in [0, 0.1) is 5.82 Å². The summed E-state index contributed by atoms with van der Waals surface area (Å²) in [6, 6.07) is 5.43. The zero-order chi connectivity index (χ0) is 13.5. The molecule has 0 aliphatic rings. The van der Waals surface area contributed by atoms with Crippen LogP contribution in [0.5, 0.6) is 0 Å². The summed E-state index contributed by atoms with van der Waals surface area (Å²) in [5.41, 5.74) is 0.470. The Morgan fingerprint density at radius 3 is 2.39 bits per heavy atom. The Hall–Kier alpha value is -1.91. The van der Waals surface area contributed by atoms with Crippen molar-refractivity contribution in [2.75, 3.05) is 5.32 Å². The summed E-state index contributed by atoms with van der Waals surface area (Å²) in [6.07, 6.45) is 0.576. The third kappa shape index (κ3) is 4.95. The molecule has 0 aromatic heterocycles. The van der Waals surface area contributed by atoms with Crippen molar-refractivity contribution in [3.05, 3.63) is 30.1 Å². The minimum absolute atomic E-state index is 0.0520. The molecule has 18 heavy (non-hydrogen) atoms. The first kappa shape index (κ1) is 14.2. The van der Waals surface area contributed by atoms with Crippen LogP contribution in [0.3, 0.4) is 0 Å². The summed E-state index contributed by atoms with van der Waals surface area (Å²) in [7, 11) is 0. The van der Waals surface area contributed by atoms with Gasteiger partial charge in [-0.25, -0.2) is 4.39 Å². The van der Waals surface area contributed by atoms with E-state index in [0.717, 1.165) is 6.42 Å². The molecule has 0 heterocycles. The Bertz CT molecular complexity index is 418. The number of hydrogen-bond acceptors (Lipinski definition) is 2. The molecule has 0 saturated heterocycles. The van der Waals surface area contributed by atoms with Gasteiger partial charge < -0.3 is 10.6 Å². The molecule has 1 atom stereocenters. The van der Waals surface area contributed by atoms with Gasteiger partial charge in [-0.05, 0) is 37.6 Å². The van der Waals surface area contributed by atoms with Gasteiger partial charge in [0.25, 0.3) is 0 Å². The van der Waals surface area contributed by atoms with Crippen LogP contribution in [0.2, 0.25) is 0 Å². The van der Waals surface area contributed by atoms with Crippen molar-refractivity contribution >= 4 is 17.5 Å². The number of nitrogens with one attached hydrogen (secondary N) is 2. The van der Waals surface area contributed by atoms with Crippen LogP contribution < -0.4 is 10.6 Å². The molecule has 2 N–H and O–H groups in total. The molecule has 0 bridgehead atoms. The van der Waals surface area contributed by atoms with Crippen molar-refractivity contribution in [1.29, 1.82) is 0 Å². The summed E-state index contributed by atoms with van der Waals surface area (Å²) in [5, 5.41) is 5.22. The molecule has 0 spiro atoms. The second-order valence-corrected chi connectivity index (χ2v) is 4.11. The van der Waals surface area contributed by atoms with Gasteiger partial charge in [0.1, 0.15) is 12.2 Å². The molecule has 0 fully saturated rings. The molecule has 5 heteroatoms. The van der Waals surface area contributed by atoms with Gasteiger partial charge in [-0.3, -0.25) is 9.59 Å². The monoisotopic (exact) mass is 252 g/mol. The van der Waals surface area contributed by atoms with E-state index in [2.05, 4.69) is 10.6 Å². The number of carbonyl (C=O) groups is 2. The predicted octanol–water partition coefficient (Wildman–Crippen LogP) is 2.07. The van der Waals surface area contributed by atoms with E-state index in [1.165, 1.54) is 24.3 Å². The Morgan fingerprint density at radius 1 is 1.22 bits per heavy atom. The van der Waals surface area contributed by atoms with Gasteiger partial charge in [0.15, 0.2) is 0 Å². The van der Waals surface area contributed by atoms with E-state index in [1.54, 1.807) is 0 Å². The van der Waals surface area contributed by atoms with E-state index in [-0.39, 0.29) is 24.2 Å². The van der Waals surface area contributed by atoms with Crippen LogP contribution in [0.15, 0.2) is 24.3 Å². The lowest BCUT2D eigenvalue weighted by Crippen LogP contribution is -2.34. The lowest BCUT2D eigenvalue weighted by molar-refractivity contribution is -0.127. The average molecular weight is 252 g/mol. The van der Waals surface area contributed by atoms with Gasteiger partial charge in [0.05, 0.1) is 0 Å². The number of rotatable bonds is 5. The molecule has 4 nitrogen and oxygen atoms in total. The zero-order valence-corrected chi connectivity index (χ0v) is 10.5. The Morgan fingerprint density at radius 2 is 1.83 bits per heavy atom. The predicted molar refractivity (Wildman–Crippen MR) is 67.5 cm³/mol. The fourth-order valence-electron chi connectivity index (χ4n) is 1.31. The second-order valence-electron chi connectivity index (χ2n) is 4.11. The summed E-state index contributed by atoms with van der Waals surface area (Å²) in [4.78, 5) is 22.9. The average Bonchev–Trinajstić information content (AvgIpc) is 2.31. The molecule has 0 radical (unpaired) electrons. The van der Waals surface area contributed by atoms with Crippen molar-refractivity contribution in [1.82, 2.24) is 5.32 Å². The van der Waals surface area contributed by atoms with Gasteiger partial charge in [-0.1, -0.05) is 6.92 Å². The van der Waals surface area contributed by atoms with E-state index >= 15 is 0 Å². The smallest absolute Gasteiger partial charge is 0.233 e. The van der Waals surface area contributed by atoms with Gasteiger partial charge in [0.2, 0.25) is 11.8 Å². The standard InChI is InChI=1S/C13H17FN2O2/c1-3-9(2)15-12(17)8-13(18)16-11-6-4-10(14)5-7-11/h4-7,9H,3,8H2,1-2H3,(H,15,17)(H,16,18). The molecule has 0 aliphatic heterocycles. The number of anilines is 1. The first-order valence-corrected chi connectivity index (χ1v) is 5.86. The molecule has 1 rings (SSSR count). The normalized spacial score (nSPS) is 11.7. The van der Waals surface area contributed by atoms with E-state index in [9.17, 15) is 14.0 Å². The SMILES string of the molecule is CCC(C)NC(=O)CC(=O)Nc1ccc(F)cc1. The van der Waals surface area contributed by atoms with Gasteiger partial charge >= 0.3 is 0 Å². The minimum atomic E-state index is -0.414. The quantitative estimate of drug-likeness (QED) is 0.788. The fourth-order valence-corrected chi connectivity index (χ4v) is 1.31. The van der Waals surface area contributed by atoms with Crippen LogP contribution in [0.1, 0.15) is 26.7 Å². The zero-order valence-electron chi connectivity index (χ0n) is 10.5. The molecule has 0 saturated carbocycles. The number of halogens is 1. The molecule has 98 valence electrons. The number of benzene rings is 1. The molecular formula is C13H17FN2O2. The number of amides is 2. The maximum atomic E-state index is 12.6. The lowest BCUT2D eigenvalue weighted by atomic mass is 10.2. The van der Waals surface area contributed by atoms with Crippen molar-refractivity contribution in [3.8, 4) is 0 Å². The Balaban J connectivity index is 2.42. The van der Waals surface area contributed by atoms with E-state index < -0.39 is 5.91 Å². The van der Waals surface area contributed by atoms with Crippen molar-refractivity contribution in [3.63, 3.8) is 0 Å². The topological polar surface area (TPSA) is 58.2 Å². The van der Waals surface area contributed by atoms with Crippen LogP contribution in [-0.2, 0) is 9.59 Å². The second kappa shape index (κ2) is 6.74. The largest absolute Gasteiger partial charge is 0.353 e. The van der Waals surface area contributed by atoms with E-state index in [1.807, 2.05) is 13.8 Å². The summed E-state index contributed by atoms with van der Waals surface area (Å²) < 4.78 is 12.6. The molecule has 1 aromatic rings. The molecule has 2 amide bonds. The van der Waals surface area contributed by atoms with Gasteiger partial charge in [-0.2, -0.15) is 0 Å². The van der Waals surface area contributed by atoms with Crippen molar-refractivity contribution in [2.24, 2.45) is 0 Å². The van der Waals surface area contributed by atoms with E-state index in [4.69, 9.17) is 0 Å². The molecule has 1 unspecified atom stereocenters. The highest BCUT2D eigenvalue weighted by Crippen LogP contribution is 2.08. The number of carbonyl (C=O) groups excluding carboxylic acids is 2. The third-order valence-corrected chi connectivity index (χ3v) is 2.47. The van der Waals surface area contributed by atoms with E-state index in [0.29, 0.717) is 5.69 Å². The summed E-state index contributed by atoms with van der Waals surface area (Å²) in [5.74, 6) is -1.10. The fraction of sp³-hybridized carbons (Fsp3) is 0.385. The van der Waals surface area contributed by atoms with Crippen LogP contribution in [0.25, 0.3) is 0 Å². The van der Waals surface area contributed by atoms with Crippen LogP contribution >= 0.6 is 0 Å². The highest BCUT2D eigenvalue weighted by atomic mass is 19.1. The first-order chi connectivity index (χ1) is 8.51. The van der Waals surface area contributed by atoms with Gasteiger partial charge in [0, 0.05) is 11.7 Å². The molecule has 0 aliphatic carbocycles. The lowest BCUT2D eigenvalue weighted by Gasteiger charge is -2.11. The maximum absolute atomic E-state index is 12.6. The van der Waals surface area contributed by atoms with Crippen LogP contribution in [0.4, 0.5) is 10.1 Å². The highest BCUT2D eigenvalue weighted by Gasteiger charge is 2.11. The summed E-state index contributed by atoms with van der Waals surface area (Å²) in [6.45, 7) is 3.82. The number of hydrogen-bond donors (Lipinski definition) is 2. The minimum Gasteiger partial charge on any atom is -0.353 e.